The Labute approximate surface area is 422 Å². The van der Waals surface area contributed by atoms with Gasteiger partial charge in [-0.1, -0.05) is 268 Å². The lowest BCUT2D eigenvalue weighted by Gasteiger charge is -2.24. The molecule has 3 atom stereocenters. The zero-order valence-corrected chi connectivity index (χ0v) is 45.2. The van der Waals surface area contributed by atoms with E-state index in [0.29, 0.717) is 19.3 Å². The molecule has 0 aromatic heterocycles. The number of unbranched alkanes of at least 4 members (excludes halogenated alkanes) is 34. The Kier molecular flexibility index (Phi) is 53.5. The van der Waals surface area contributed by atoms with Crippen LogP contribution in [0.5, 0.6) is 0 Å². The van der Waals surface area contributed by atoms with Gasteiger partial charge in [0.25, 0.3) is 0 Å². The van der Waals surface area contributed by atoms with Crippen molar-refractivity contribution in [1.29, 1.82) is 0 Å². The second-order valence-electron chi connectivity index (χ2n) is 20.1. The normalized spacial score (nSPS) is 13.5. The van der Waals surface area contributed by atoms with Crippen LogP contribution in [0.25, 0.3) is 0 Å². The predicted octanol–water partition coefficient (Wildman–Crippen LogP) is 18.4. The van der Waals surface area contributed by atoms with Crippen molar-refractivity contribution in [3.05, 3.63) is 60.8 Å². The van der Waals surface area contributed by atoms with Crippen LogP contribution in [0.3, 0.4) is 0 Å². The lowest BCUT2D eigenvalue weighted by atomic mass is 10.0. The first kappa shape index (κ1) is 65.6. The molecule has 1 amide bonds. The van der Waals surface area contributed by atoms with Crippen LogP contribution in [0, 0.1) is 0 Å². The first-order valence-electron chi connectivity index (χ1n) is 29.6. The molecular weight excluding hydrogens is 839 g/mol. The van der Waals surface area contributed by atoms with Gasteiger partial charge < -0.3 is 20.3 Å². The maximum absolute atomic E-state index is 13.3. The van der Waals surface area contributed by atoms with Crippen LogP contribution in [0.15, 0.2) is 60.8 Å². The molecule has 0 spiro atoms. The molecule has 3 N–H and O–H groups in total. The fourth-order valence-corrected chi connectivity index (χ4v) is 8.91. The molecule has 0 radical (unpaired) electrons. The van der Waals surface area contributed by atoms with Gasteiger partial charge in [0.05, 0.1) is 25.2 Å². The molecule has 0 aromatic carbocycles. The molecule has 0 rings (SSSR count). The van der Waals surface area contributed by atoms with E-state index in [1.807, 2.05) is 0 Å². The Morgan fingerprint density at radius 1 is 0.426 bits per heavy atom. The summed E-state index contributed by atoms with van der Waals surface area (Å²) >= 11 is 0. The number of carbonyl (C=O) groups is 2. The smallest absolute Gasteiger partial charge is 0.306 e. The van der Waals surface area contributed by atoms with Crippen molar-refractivity contribution in [3.63, 3.8) is 0 Å². The summed E-state index contributed by atoms with van der Waals surface area (Å²) in [7, 11) is 0. The number of nitrogens with one attached hydrogen (secondary N) is 1. The number of esters is 1. The summed E-state index contributed by atoms with van der Waals surface area (Å²) in [6.07, 6.45) is 70.0. The number of ether oxygens (including phenoxy) is 1. The first-order valence-corrected chi connectivity index (χ1v) is 29.6. The predicted molar refractivity (Wildman–Crippen MR) is 296 cm³/mol. The number of amides is 1. The monoisotopic (exact) mass is 952 g/mol. The van der Waals surface area contributed by atoms with Crippen molar-refractivity contribution in [1.82, 2.24) is 5.32 Å². The molecule has 68 heavy (non-hydrogen) atoms. The van der Waals surface area contributed by atoms with Gasteiger partial charge in [0.1, 0.15) is 6.10 Å². The number of allylic oxidation sites excluding steroid dienone is 10. The Hall–Kier alpha value is -2.44. The average molecular weight is 953 g/mol. The Morgan fingerprint density at radius 3 is 1.22 bits per heavy atom. The molecule has 396 valence electrons. The fraction of sp³-hybridized carbons (Fsp3) is 0.806. The van der Waals surface area contributed by atoms with E-state index in [9.17, 15) is 19.8 Å². The molecule has 0 saturated heterocycles. The maximum Gasteiger partial charge on any atom is 0.306 e. The minimum absolute atomic E-state index is 0.0510. The number of carbonyl (C=O) groups excluding carboxylic acids is 2. The minimum Gasteiger partial charge on any atom is -0.462 e. The van der Waals surface area contributed by atoms with Gasteiger partial charge in [-0.05, 0) is 77.0 Å². The zero-order chi connectivity index (χ0) is 49.5. The molecule has 6 nitrogen and oxygen atoms in total. The number of rotatable bonds is 53. The number of hydrogen-bond acceptors (Lipinski definition) is 5. The summed E-state index contributed by atoms with van der Waals surface area (Å²) in [5, 5.41) is 23.9. The van der Waals surface area contributed by atoms with Gasteiger partial charge in [0.2, 0.25) is 5.91 Å². The Morgan fingerprint density at radius 2 is 0.765 bits per heavy atom. The van der Waals surface area contributed by atoms with E-state index >= 15 is 0 Å². The van der Waals surface area contributed by atoms with Crippen LogP contribution in [-0.4, -0.2) is 46.9 Å². The van der Waals surface area contributed by atoms with Gasteiger partial charge in [0.15, 0.2) is 0 Å². The Bertz CT molecular complexity index is 1210. The molecule has 0 aliphatic carbocycles. The van der Waals surface area contributed by atoms with E-state index in [2.05, 4.69) is 86.8 Å². The van der Waals surface area contributed by atoms with E-state index in [4.69, 9.17) is 4.74 Å². The second-order valence-corrected chi connectivity index (χ2v) is 20.1. The second kappa shape index (κ2) is 55.5. The quantitative estimate of drug-likeness (QED) is 0.0244. The zero-order valence-electron chi connectivity index (χ0n) is 45.2. The van der Waals surface area contributed by atoms with Crippen molar-refractivity contribution in [2.24, 2.45) is 0 Å². The first-order chi connectivity index (χ1) is 33.5. The van der Waals surface area contributed by atoms with Crippen molar-refractivity contribution in [3.8, 4) is 0 Å². The van der Waals surface area contributed by atoms with Gasteiger partial charge in [0, 0.05) is 6.42 Å². The molecule has 0 aromatic rings. The third kappa shape index (κ3) is 50.0. The maximum atomic E-state index is 13.3. The van der Waals surface area contributed by atoms with Crippen LogP contribution in [0.2, 0.25) is 0 Å². The van der Waals surface area contributed by atoms with Crippen LogP contribution in [0.4, 0.5) is 0 Å². The molecule has 3 unspecified atom stereocenters. The molecular formula is C62H113NO5. The lowest BCUT2D eigenvalue weighted by Crippen LogP contribution is -2.46. The van der Waals surface area contributed by atoms with E-state index in [1.54, 1.807) is 0 Å². The third-order valence-electron chi connectivity index (χ3n) is 13.4. The molecule has 0 heterocycles. The highest BCUT2D eigenvalue weighted by atomic mass is 16.5. The van der Waals surface area contributed by atoms with Gasteiger partial charge in [-0.15, -0.1) is 0 Å². The number of aliphatic hydroxyl groups is 2. The van der Waals surface area contributed by atoms with Gasteiger partial charge in [-0.3, -0.25) is 9.59 Å². The summed E-state index contributed by atoms with van der Waals surface area (Å²) in [4.78, 5) is 26.3. The molecule has 0 aliphatic heterocycles. The third-order valence-corrected chi connectivity index (χ3v) is 13.4. The lowest BCUT2D eigenvalue weighted by molar-refractivity contribution is -0.151. The highest BCUT2D eigenvalue weighted by Crippen LogP contribution is 2.18. The average Bonchev–Trinajstić information content (AvgIpc) is 3.33. The summed E-state index contributed by atoms with van der Waals surface area (Å²) in [6, 6.07) is -0.717. The fourth-order valence-electron chi connectivity index (χ4n) is 8.91. The molecule has 0 bridgehead atoms. The van der Waals surface area contributed by atoms with Crippen molar-refractivity contribution in [2.75, 3.05) is 6.61 Å². The largest absolute Gasteiger partial charge is 0.462 e. The van der Waals surface area contributed by atoms with Crippen LogP contribution in [-0.2, 0) is 14.3 Å². The summed E-state index contributed by atoms with van der Waals surface area (Å²) in [5.74, 6) is -0.506. The van der Waals surface area contributed by atoms with Crippen molar-refractivity contribution >= 4 is 11.9 Å². The SMILES string of the molecule is CCCCC/C=C/C=C/C=C/C=C/CCCCCC(CC(=O)NC(CO)C(O)CCCCCCCCCCCCCCCC)OC(=O)CCCCCCCCCCC/C=C/CCCCCCCC. The molecule has 0 saturated carbocycles. The molecule has 0 fully saturated rings. The summed E-state index contributed by atoms with van der Waals surface area (Å²) < 4.78 is 5.95. The Balaban J connectivity index is 4.61. The van der Waals surface area contributed by atoms with Crippen molar-refractivity contribution in [2.45, 2.75) is 315 Å². The van der Waals surface area contributed by atoms with Crippen LogP contribution >= 0.6 is 0 Å². The minimum atomic E-state index is -0.801. The van der Waals surface area contributed by atoms with Crippen molar-refractivity contribution < 1.29 is 24.5 Å². The van der Waals surface area contributed by atoms with Gasteiger partial charge >= 0.3 is 5.97 Å². The van der Waals surface area contributed by atoms with Crippen LogP contribution in [0.1, 0.15) is 297 Å². The van der Waals surface area contributed by atoms with E-state index in [-0.39, 0.29) is 24.9 Å². The summed E-state index contributed by atoms with van der Waals surface area (Å²) in [5.41, 5.74) is 0. The van der Waals surface area contributed by atoms with E-state index < -0.39 is 18.2 Å². The van der Waals surface area contributed by atoms with E-state index in [1.165, 1.54) is 180 Å². The highest BCUT2D eigenvalue weighted by Gasteiger charge is 2.24. The topological polar surface area (TPSA) is 95.9 Å². The standard InChI is InChI=1S/C62H113NO5/c1-4-7-10-13-16-19-22-25-28-30-31-32-34-37-40-43-46-49-52-55-62(67)68-58(53-50-47-44-41-38-35-33-29-26-23-20-17-14-11-8-5-2)56-61(66)63-59(57-64)60(65)54-51-48-45-42-39-36-27-24-21-18-15-12-9-6-3/h17,20,23,25-26,28-29,33,35,38,58-60,64-65H,4-16,18-19,21-22,24,27,30-32,34,36-37,39-57H2,1-3H3,(H,63,66)/b20-17+,26-23+,28-25+,33-29+,38-35+. The highest BCUT2D eigenvalue weighted by molar-refractivity contribution is 5.77. The van der Waals surface area contributed by atoms with E-state index in [0.717, 1.165) is 70.6 Å². The van der Waals surface area contributed by atoms with Gasteiger partial charge in [-0.25, -0.2) is 0 Å². The summed E-state index contributed by atoms with van der Waals surface area (Å²) in [6.45, 7) is 6.46. The molecule has 0 aliphatic rings. The molecule has 6 heteroatoms. The number of aliphatic hydroxyl groups excluding tert-OH is 2. The van der Waals surface area contributed by atoms with Crippen LogP contribution < -0.4 is 5.32 Å². The number of hydrogen-bond donors (Lipinski definition) is 3. The van der Waals surface area contributed by atoms with Gasteiger partial charge in [-0.2, -0.15) is 0 Å².